The number of rotatable bonds is 4. The molecule has 33 heavy (non-hydrogen) atoms. The molecule has 0 spiro atoms. The molecule has 3 aliphatic rings. The summed E-state index contributed by atoms with van der Waals surface area (Å²) < 4.78 is 6.48. The maximum absolute atomic E-state index is 6.48. The Morgan fingerprint density at radius 2 is 1.67 bits per heavy atom. The molecule has 0 aromatic heterocycles. The van der Waals surface area contributed by atoms with Gasteiger partial charge < -0.3 is 9.64 Å². The first-order valence-corrected chi connectivity index (χ1v) is 11.8. The number of ether oxygens (including phenoxy) is 1. The largest absolute Gasteiger partial charge is 0.485 e. The molecule has 0 amide bonds. The average Bonchev–Trinajstić information content (AvgIpc) is 3.24. The summed E-state index contributed by atoms with van der Waals surface area (Å²) >= 11 is 6.13. The number of benzene rings is 3. The Kier molecular flexibility index (Phi) is 5.16. The van der Waals surface area contributed by atoms with Crippen LogP contribution in [0, 0.1) is 0 Å². The van der Waals surface area contributed by atoms with Gasteiger partial charge in [0.1, 0.15) is 11.9 Å². The second-order valence-corrected chi connectivity index (χ2v) is 9.00. The van der Waals surface area contributed by atoms with E-state index in [1.54, 1.807) is 0 Å². The SMILES string of the molecule is Clc1ccc(-c2cccc3c2C2C=CC(N(C4=CCCC=C4)c4ccccc4)=CC2O3)cc1. The lowest BCUT2D eigenvalue weighted by Gasteiger charge is -2.31. The third-order valence-corrected chi connectivity index (χ3v) is 6.74. The van der Waals surface area contributed by atoms with Crippen LogP contribution in [0.3, 0.4) is 0 Å². The second kappa shape index (κ2) is 8.46. The van der Waals surface area contributed by atoms with Crippen molar-refractivity contribution in [1.82, 2.24) is 0 Å². The molecule has 3 aromatic carbocycles. The van der Waals surface area contributed by atoms with Crippen LogP contribution in [0.25, 0.3) is 11.1 Å². The Balaban J connectivity index is 1.38. The van der Waals surface area contributed by atoms with Crippen LogP contribution in [0.2, 0.25) is 5.02 Å². The van der Waals surface area contributed by atoms with Crippen molar-refractivity contribution >= 4 is 17.3 Å². The van der Waals surface area contributed by atoms with E-state index in [0.29, 0.717) is 0 Å². The third-order valence-electron chi connectivity index (χ3n) is 6.49. The fourth-order valence-corrected chi connectivity index (χ4v) is 5.09. The van der Waals surface area contributed by atoms with Crippen LogP contribution in [0.4, 0.5) is 5.69 Å². The molecule has 162 valence electrons. The van der Waals surface area contributed by atoms with E-state index in [0.717, 1.165) is 40.6 Å². The van der Waals surface area contributed by atoms with Gasteiger partial charge in [-0.2, -0.15) is 0 Å². The molecule has 2 atom stereocenters. The predicted octanol–water partition coefficient (Wildman–Crippen LogP) is 8.05. The Morgan fingerprint density at radius 1 is 0.818 bits per heavy atom. The third kappa shape index (κ3) is 3.71. The summed E-state index contributed by atoms with van der Waals surface area (Å²) in [5.74, 6) is 1.15. The van der Waals surface area contributed by atoms with Crippen LogP contribution in [0.5, 0.6) is 5.75 Å². The number of hydrogen-bond donors (Lipinski definition) is 0. The second-order valence-electron chi connectivity index (χ2n) is 8.56. The zero-order chi connectivity index (χ0) is 22.2. The average molecular weight is 450 g/mol. The van der Waals surface area contributed by atoms with E-state index in [4.69, 9.17) is 16.3 Å². The summed E-state index contributed by atoms with van der Waals surface area (Å²) in [6.45, 7) is 0. The number of fused-ring (bicyclic) bond motifs is 3. The summed E-state index contributed by atoms with van der Waals surface area (Å²) in [4.78, 5) is 2.33. The first-order valence-electron chi connectivity index (χ1n) is 11.5. The van der Waals surface area contributed by atoms with Crippen molar-refractivity contribution in [2.45, 2.75) is 24.9 Å². The van der Waals surface area contributed by atoms with Gasteiger partial charge >= 0.3 is 0 Å². The van der Waals surface area contributed by atoms with E-state index in [-0.39, 0.29) is 12.0 Å². The summed E-state index contributed by atoms with van der Waals surface area (Å²) in [6.07, 6.45) is 15.7. The summed E-state index contributed by atoms with van der Waals surface area (Å²) in [5, 5.41) is 0.748. The van der Waals surface area contributed by atoms with E-state index in [2.05, 4.69) is 102 Å². The Labute approximate surface area is 199 Å². The monoisotopic (exact) mass is 449 g/mol. The molecule has 2 unspecified atom stereocenters. The molecular formula is C30H24ClNO. The summed E-state index contributed by atoms with van der Waals surface area (Å²) in [6, 6.07) is 24.9. The minimum Gasteiger partial charge on any atom is -0.485 e. The molecule has 2 nitrogen and oxygen atoms in total. The summed E-state index contributed by atoms with van der Waals surface area (Å²) in [5.41, 5.74) is 7.12. The van der Waals surface area contributed by atoms with Gasteiger partial charge in [0.25, 0.3) is 0 Å². The minimum atomic E-state index is -0.0344. The van der Waals surface area contributed by atoms with Gasteiger partial charge in [0, 0.05) is 33.6 Å². The zero-order valence-electron chi connectivity index (χ0n) is 18.2. The Hall–Kier alpha value is -3.49. The van der Waals surface area contributed by atoms with Crippen molar-refractivity contribution in [3.05, 3.63) is 131 Å². The molecule has 0 saturated heterocycles. The Morgan fingerprint density at radius 3 is 2.45 bits per heavy atom. The normalized spacial score (nSPS) is 20.4. The molecule has 1 aliphatic heterocycles. The van der Waals surface area contributed by atoms with E-state index in [9.17, 15) is 0 Å². The number of nitrogens with zero attached hydrogens (tertiary/aromatic N) is 1. The van der Waals surface area contributed by atoms with Crippen LogP contribution in [-0.4, -0.2) is 6.10 Å². The van der Waals surface area contributed by atoms with Crippen LogP contribution in [-0.2, 0) is 0 Å². The molecule has 1 heterocycles. The first kappa shape index (κ1) is 20.1. The highest BCUT2D eigenvalue weighted by atomic mass is 35.5. The molecule has 6 rings (SSSR count). The van der Waals surface area contributed by atoms with Crippen molar-refractivity contribution in [2.24, 2.45) is 0 Å². The van der Waals surface area contributed by atoms with Crippen molar-refractivity contribution < 1.29 is 4.74 Å². The van der Waals surface area contributed by atoms with Crippen molar-refractivity contribution in [3.63, 3.8) is 0 Å². The van der Waals surface area contributed by atoms with E-state index in [1.165, 1.54) is 16.8 Å². The number of hydrogen-bond acceptors (Lipinski definition) is 2. The molecule has 3 heteroatoms. The van der Waals surface area contributed by atoms with Gasteiger partial charge in [-0.3, -0.25) is 0 Å². The fraction of sp³-hybridized carbons (Fsp3) is 0.133. The van der Waals surface area contributed by atoms with Gasteiger partial charge in [-0.1, -0.05) is 72.3 Å². The number of halogens is 1. The van der Waals surface area contributed by atoms with Gasteiger partial charge in [0.05, 0.1) is 0 Å². The van der Waals surface area contributed by atoms with Crippen LogP contribution >= 0.6 is 11.6 Å². The highest BCUT2D eigenvalue weighted by Crippen LogP contribution is 2.47. The van der Waals surface area contributed by atoms with Crippen molar-refractivity contribution in [2.75, 3.05) is 4.90 Å². The molecule has 0 fully saturated rings. The number of anilines is 1. The lowest BCUT2D eigenvalue weighted by Crippen LogP contribution is -2.26. The lowest BCUT2D eigenvalue weighted by atomic mass is 9.85. The zero-order valence-corrected chi connectivity index (χ0v) is 19.0. The van der Waals surface area contributed by atoms with Gasteiger partial charge in [0.15, 0.2) is 0 Å². The highest BCUT2D eigenvalue weighted by molar-refractivity contribution is 6.30. The predicted molar refractivity (Wildman–Crippen MR) is 137 cm³/mol. The van der Waals surface area contributed by atoms with Gasteiger partial charge in [-0.15, -0.1) is 0 Å². The van der Waals surface area contributed by atoms with E-state index >= 15 is 0 Å². The molecule has 0 bridgehead atoms. The van der Waals surface area contributed by atoms with Crippen LogP contribution < -0.4 is 9.64 Å². The molecule has 2 aliphatic carbocycles. The maximum Gasteiger partial charge on any atom is 0.130 e. The van der Waals surface area contributed by atoms with Gasteiger partial charge in [0.2, 0.25) is 0 Å². The van der Waals surface area contributed by atoms with Crippen molar-refractivity contribution in [1.29, 1.82) is 0 Å². The van der Waals surface area contributed by atoms with Crippen LogP contribution in [0.1, 0.15) is 24.3 Å². The molecular weight excluding hydrogens is 426 g/mol. The summed E-state index contributed by atoms with van der Waals surface area (Å²) in [7, 11) is 0. The van der Waals surface area contributed by atoms with Gasteiger partial charge in [-0.25, -0.2) is 0 Å². The molecule has 0 N–H and O–H groups in total. The lowest BCUT2D eigenvalue weighted by molar-refractivity contribution is 0.267. The van der Waals surface area contributed by atoms with Crippen molar-refractivity contribution in [3.8, 4) is 16.9 Å². The number of allylic oxidation sites excluding steroid dienone is 4. The maximum atomic E-state index is 6.48. The standard InChI is InChI=1S/C30H24ClNO/c31-22-16-14-21(15-17-22)26-12-7-13-28-30(26)27-19-18-25(20-29(27)33-28)32(23-8-3-1-4-9-23)24-10-5-2-6-11-24/h1,3-5,7-20,27,29H,2,6H2. The quantitative estimate of drug-likeness (QED) is 0.399. The minimum absolute atomic E-state index is 0.0344. The first-order chi connectivity index (χ1) is 16.3. The van der Waals surface area contributed by atoms with Gasteiger partial charge in [-0.05, 0) is 72.5 Å². The molecule has 0 radical (unpaired) electrons. The van der Waals surface area contributed by atoms with E-state index in [1.807, 2.05) is 12.1 Å². The van der Waals surface area contributed by atoms with E-state index < -0.39 is 0 Å². The van der Waals surface area contributed by atoms with Crippen LogP contribution in [0.15, 0.2) is 121 Å². The molecule has 3 aromatic rings. The molecule has 0 saturated carbocycles. The number of para-hydroxylation sites is 1. The topological polar surface area (TPSA) is 12.5 Å². The smallest absolute Gasteiger partial charge is 0.130 e. The Bertz CT molecular complexity index is 1300. The highest BCUT2D eigenvalue weighted by Gasteiger charge is 2.36. The fourth-order valence-electron chi connectivity index (χ4n) is 4.96.